The second kappa shape index (κ2) is 9.43. The Bertz CT molecular complexity index is 1780. The minimum Gasteiger partial charge on any atom is -0.475 e. The highest BCUT2D eigenvalue weighted by molar-refractivity contribution is 6.02. The van der Waals surface area contributed by atoms with Gasteiger partial charge in [0.2, 0.25) is 5.88 Å². The molecule has 2 bridgehead atoms. The molecule has 0 amide bonds. The van der Waals surface area contributed by atoms with Crippen LogP contribution in [0.3, 0.4) is 0 Å². The monoisotopic (exact) mass is 584 g/mol. The van der Waals surface area contributed by atoms with Gasteiger partial charge >= 0.3 is 6.01 Å². The summed E-state index contributed by atoms with van der Waals surface area (Å²) in [6.45, 7) is 4.76. The number of nitrogens with zero attached hydrogens (tertiary/aromatic N) is 5. The third kappa shape index (κ3) is 3.88. The molecule has 3 unspecified atom stereocenters. The van der Waals surface area contributed by atoms with Crippen LogP contribution in [0.2, 0.25) is 0 Å². The van der Waals surface area contributed by atoms with Crippen molar-refractivity contribution in [3.63, 3.8) is 0 Å². The van der Waals surface area contributed by atoms with Crippen molar-refractivity contribution in [1.82, 2.24) is 25.2 Å². The number of benzene rings is 2. The highest BCUT2D eigenvalue weighted by Crippen LogP contribution is 2.45. The first kappa shape index (κ1) is 25.8. The predicted octanol–water partition coefficient (Wildman–Crippen LogP) is 4.95. The fourth-order valence-corrected chi connectivity index (χ4v) is 8.53. The van der Waals surface area contributed by atoms with Crippen LogP contribution in [-0.4, -0.2) is 82.5 Å². The molecule has 7 heterocycles. The molecule has 5 aliphatic rings. The number of pyridine rings is 1. The first-order chi connectivity index (χ1) is 21.0. The average molecular weight is 585 g/mol. The third-order valence-electron chi connectivity index (χ3n) is 10.5. The summed E-state index contributed by atoms with van der Waals surface area (Å²) >= 11 is 0. The Labute approximate surface area is 248 Å². The van der Waals surface area contributed by atoms with E-state index >= 15 is 4.39 Å². The zero-order valence-corrected chi connectivity index (χ0v) is 24.2. The summed E-state index contributed by atoms with van der Waals surface area (Å²) in [6, 6.07) is 12.6. The summed E-state index contributed by atoms with van der Waals surface area (Å²) in [4.78, 5) is 18.9. The number of alkyl halides is 1. The van der Waals surface area contributed by atoms with Crippen LogP contribution in [0.5, 0.6) is 11.9 Å². The van der Waals surface area contributed by atoms with E-state index < -0.39 is 12.0 Å². The van der Waals surface area contributed by atoms with Gasteiger partial charge in [-0.05, 0) is 55.5 Å². The lowest BCUT2D eigenvalue weighted by Gasteiger charge is -2.40. The van der Waals surface area contributed by atoms with Gasteiger partial charge in [-0.15, -0.1) is 0 Å². The molecular weight excluding hydrogens is 550 g/mol. The number of rotatable bonds is 4. The van der Waals surface area contributed by atoms with Crippen molar-refractivity contribution in [3.05, 3.63) is 47.8 Å². The van der Waals surface area contributed by atoms with Crippen molar-refractivity contribution in [2.75, 3.05) is 37.7 Å². The number of hydrogen-bond donors (Lipinski definition) is 1. The minimum atomic E-state index is -0.863. The molecule has 10 heteroatoms. The molecular formula is C33H34F2N6O2. The molecule has 4 fully saturated rings. The zero-order valence-electron chi connectivity index (χ0n) is 24.2. The van der Waals surface area contributed by atoms with Crippen LogP contribution in [0.4, 0.5) is 14.6 Å². The molecule has 4 saturated heterocycles. The lowest BCUT2D eigenvalue weighted by Crippen LogP contribution is -2.60. The van der Waals surface area contributed by atoms with Gasteiger partial charge in [-0.3, -0.25) is 4.90 Å². The molecule has 5 aliphatic heterocycles. The molecule has 8 nitrogen and oxygen atoms in total. The maximum Gasteiger partial charge on any atom is 0.319 e. The van der Waals surface area contributed by atoms with E-state index in [1.165, 1.54) is 0 Å². The van der Waals surface area contributed by atoms with Gasteiger partial charge < -0.3 is 19.7 Å². The fourth-order valence-electron chi connectivity index (χ4n) is 8.53. The van der Waals surface area contributed by atoms with Gasteiger partial charge in [0.05, 0.1) is 11.6 Å². The Balaban J connectivity index is 1.22. The Hall–Kier alpha value is -3.63. The second-order valence-corrected chi connectivity index (χ2v) is 13.1. The zero-order chi connectivity index (χ0) is 28.9. The Morgan fingerprint density at radius 3 is 2.88 bits per heavy atom. The quantitative estimate of drug-likeness (QED) is 0.361. The summed E-state index contributed by atoms with van der Waals surface area (Å²) in [7, 11) is 0. The van der Waals surface area contributed by atoms with Crippen LogP contribution in [0, 0.1) is 12.7 Å². The van der Waals surface area contributed by atoms with Crippen LogP contribution in [0.25, 0.3) is 32.9 Å². The number of nitrogens with one attached hydrogen (secondary N) is 1. The summed E-state index contributed by atoms with van der Waals surface area (Å²) in [5.74, 6) is 0.437. The first-order valence-electron chi connectivity index (χ1n) is 15.5. The largest absolute Gasteiger partial charge is 0.475 e. The normalized spacial score (nSPS) is 29.5. The molecule has 0 radical (unpaired) electrons. The number of piperazine rings is 1. The SMILES string of the molecule is Cc1cccc2cccc(-c3nc4c5c(nc(OC[C@@]67CCCN6C[C@H](F)C7)nc5c3F)N3CC5CCC(N5)C3CO4)c12. The van der Waals surface area contributed by atoms with E-state index in [4.69, 9.17) is 24.4 Å². The van der Waals surface area contributed by atoms with Gasteiger partial charge in [0.25, 0.3) is 0 Å². The van der Waals surface area contributed by atoms with Crippen molar-refractivity contribution < 1.29 is 18.3 Å². The fraction of sp³-hybridized carbons (Fsp3) is 0.485. The summed E-state index contributed by atoms with van der Waals surface area (Å²) in [5, 5.41) is 6.17. The lowest BCUT2D eigenvalue weighted by atomic mass is 9.95. The van der Waals surface area contributed by atoms with E-state index in [9.17, 15) is 4.39 Å². The molecule has 0 spiro atoms. The highest BCUT2D eigenvalue weighted by Gasteiger charge is 2.50. The first-order valence-corrected chi connectivity index (χ1v) is 15.5. The van der Waals surface area contributed by atoms with Crippen LogP contribution in [0.15, 0.2) is 36.4 Å². The maximum atomic E-state index is 16.9. The number of hydrogen-bond acceptors (Lipinski definition) is 8. The second-order valence-electron chi connectivity index (χ2n) is 13.1. The molecule has 5 atom stereocenters. The van der Waals surface area contributed by atoms with Crippen molar-refractivity contribution in [2.24, 2.45) is 0 Å². The van der Waals surface area contributed by atoms with E-state index in [0.29, 0.717) is 48.3 Å². The number of fused-ring (bicyclic) bond motifs is 7. The maximum absolute atomic E-state index is 16.9. The van der Waals surface area contributed by atoms with Crippen molar-refractivity contribution in [2.45, 2.75) is 68.9 Å². The smallest absolute Gasteiger partial charge is 0.319 e. The Kier molecular flexibility index (Phi) is 5.67. The molecule has 2 aromatic carbocycles. The van der Waals surface area contributed by atoms with Crippen molar-refractivity contribution in [1.29, 1.82) is 0 Å². The van der Waals surface area contributed by atoms with E-state index in [1.807, 2.05) is 43.3 Å². The van der Waals surface area contributed by atoms with Gasteiger partial charge in [0.15, 0.2) is 5.82 Å². The third-order valence-corrected chi connectivity index (χ3v) is 10.5. The van der Waals surface area contributed by atoms with E-state index in [-0.39, 0.29) is 41.5 Å². The van der Waals surface area contributed by atoms with Gasteiger partial charge in [-0.2, -0.15) is 9.97 Å². The molecule has 2 aromatic heterocycles. The molecule has 43 heavy (non-hydrogen) atoms. The average Bonchev–Trinajstić information content (AvgIpc) is 3.64. The van der Waals surface area contributed by atoms with Crippen LogP contribution < -0.4 is 19.7 Å². The van der Waals surface area contributed by atoms with Gasteiger partial charge in [0.1, 0.15) is 41.8 Å². The van der Waals surface area contributed by atoms with Crippen molar-refractivity contribution in [3.8, 4) is 23.1 Å². The van der Waals surface area contributed by atoms with Gasteiger partial charge in [0, 0.05) is 37.2 Å². The Morgan fingerprint density at radius 1 is 1.09 bits per heavy atom. The van der Waals surface area contributed by atoms with E-state index in [1.54, 1.807) is 0 Å². The number of aryl methyl sites for hydroxylation is 1. The topological polar surface area (TPSA) is 75.6 Å². The van der Waals surface area contributed by atoms with Crippen LogP contribution >= 0.6 is 0 Å². The molecule has 0 saturated carbocycles. The van der Waals surface area contributed by atoms with Gasteiger partial charge in [-0.1, -0.05) is 36.4 Å². The molecule has 222 valence electrons. The number of ether oxygens (including phenoxy) is 2. The molecule has 1 N–H and O–H groups in total. The van der Waals surface area contributed by atoms with Gasteiger partial charge in [-0.25, -0.2) is 13.8 Å². The standard InChI is InChI=1S/C33H34F2N6O2/c1-18-5-2-6-19-7-3-8-22(25(18)19)28-27(35)29-26-30(41-15-21-9-10-23(36-21)24(41)16-42-31(26)37-28)39-32(38-29)43-17-33-11-4-12-40(33)14-20(34)13-33/h2-3,5-8,20-21,23-24,36H,4,9-17H2,1H3/t20-,21?,23?,24?,33+/m1/s1. The van der Waals surface area contributed by atoms with E-state index in [2.05, 4.69) is 15.1 Å². The van der Waals surface area contributed by atoms with Crippen molar-refractivity contribution >= 4 is 27.5 Å². The Morgan fingerprint density at radius 2 is 1.98 bits per heavy atom. The van der Waals surface area contributed by atoms with E-state index in [0.717, 1.165) is 55.1 Å². The van der Waals surface area contributed by atoms with Crippen LogP contribution in [0.1, 0.15) is 37.7 Å². The number of aromatic nitrogens is 3. The molecule has 9 rings (SSSR count). The summed E-state index contributed by atoms with van der Waals surface area (Å²) < 4.78 is 44.1. The predicted molar refractivity (Wildman–Crippen MR) is 160 cm³/mol. The van der Waals surface area contributed by atoms with Crippen LogP contribution in [-0.2, 0) is 0 Å². The summed E-state index contributed by atoms with van der Waals surface area (Å²) in [5.41, 5.74) is 1.72. The highest BCUT2D eigenvalue weighted by atomic mass is 19.1. The lowest BCUT2D eigenvalue weighted by molar-refractivity contribution is 0.107. The molecule has 4 aromatic rings. The molecule has 0 aliphatic carbocycles. The number of halogens is 2. The number of anilines is 1. The summed E-state index contributed by atoms with van der Waals surface area (Å²) in [6.07, 6.45) is 3.60. The minimum absolute atomic E-state index is 0.0243.